The highest BCUT2D eigenvalue weighted by Gasteiger charge is 2.43. The molecule has 8 bridgehead atoms. The Morgan fingerprint density at radius 1 is 0.346 bits per heavy atom. The first-order chi connectivity index (χ1) is 38.4. The number of aromatic nitrogens is 4. The number of carboxylic acid groups (broad SMARTS) is 1. The van der Waals surface area contributed by atoms with Gasteiger partial charge in [-0.25, -0.2) is 14.8 Å². The lowest BCUT2D eigenvalue weighted by Gasteiger charge is -2.37. The minimum Gasteiger partial charge on any atom is -0.478 e. The topological polar surface area (TPSA) is 121 Å². The summed E-state index contributed by atoms with van der Waals surface area (Å²) < 4.78 is 0. The second-order valence-corrected chi connectivity index (χ2v) is 19.7. The summed E-state index contributed by atoms with van der Waals surface area (Å²) in [4.78, 5) is 32.0. The van der Waals surface area contributed by atoms with Crippen LogP contribution in [0.3, 0.4) is 0 Å². The van der Waals surface area contributed by atoms with Crippen LogP contribution < -0.4 is 5.73 Å². The molecule has 0 aliphatic carbocycles. The van der Waals surface area contributed by atoms with Gasteiger partial charge in [0.1, 0.15) is 0 Å². The largest absolute Gasteiger partial charge is 0.478 e. The van der Waals surface area contributed by atoms with Gasteiger partial charge in [0.05, 0.1) is 39.2 Å². The number of nitrogens with one attached hydrogen (secondary N) is 2. The van der Waals surface area contributed by atoms with Crippen LogP contribution in [0.2, 0.25) is 0 Å². The fraction of sp³-hybridized carbons (Fsp3) is 0.0282. The minimum atomic E-state index is -0.999. The Bertz CT molecular complexity index is 3930. The SMILES string of the molecule is Nc1ccc(-c2c3nc(c(C(c4ccccc4)(c4ccccc4)c4ccccc4)c4ccc([nH]4)c(-c4ccc(C(=O)O)cc4)c4nc(c(C(c5ccccc5)(c5ccccc5)c5ccccc5)c5ccc2[nH]5)C=C4)C=C3)cc1. The molecule has 5 heterocycles. The zero-order valence-corrected chi connectivity index (χ0v) is 42.4. The molecule has 0 fully saturated rings. The van der Waals surface area contributed by atoms with Crippen LogP contribution in [-0.2, 0) is 10.8 Å². The number of rotatable bonds is 11. The zero-order chi connectivity index (χ0) is 52.6. The predicted octanol–water partition coefficient (Wildman–Crippen LogP) is 16.0. The first kappa shape index (κ1) is 47.4. The third kappa shape index (κ3) is 7.96. The van der Waals surface area contributed by atoms with Crippen LogP contribution in [0, 0.1) is 0 Å². The first-order valence-electron chi connectivity index (χ1n) is 26.1. The molecule has 7 heteroatoms. The second kappa shape index (κ2) is 19.7. The van der Waals surface area contributed by atoms with Crippen molar-refractivity contribution in [2.75, 3.05) is 5.73 Å². The van der Waals surface area contributed by atoms with E-state index in [9.17, 15) is 9.90 Å². The summed E-state index contributed by atoms with van der Waals surface area (Å²) in [5, 5.41) is 10.1. The second-order valence-electron chi connectivity index (χ2n) is 19.7. The van der Waals surface area contributed by atoms with E-state index in [-0.39, 0.29) is 5.56 Å². The summed E-state index contributed by atoms with van der Waals surface area (Å²) in [6, 6.07) is 87.8. The van der Waals surface area contributed by atoms with E-state index in [1.165, 1.54) is 0 Å². The van der Waals surface area contributed by atoms with Crippen molar-refractivity contribution in [2.45, 2.75) is 10.8 Å². The third-order valence-electron chi connectivity index (χ3n) is 15.4. The van der Waals surface area contributed by atoms with Gasteiger partial charge in [-0.05, 0) is 117 Å². The van der Waals surface area contributed by atoms with Gasteiger partial charge in [-0.1, -0.05) is 206 Å². The minimum absolute atomic E-state index is 0.189. The summed E-state index contributed by atoms with van der Waals surface area (Å²) in [7, 11) is 0. The van der Waals surface area contributed by atoms with Crippen LogP contribution in [-0.4, -0.2) is 31.0 Å². The number of aromatic amines is 2. The Balaban J connectivity index is 1.27. The van der Waals surface area contributed by atoms with Gasteiger partial charge in [0.15, 0.2) is 0 Å². The number of hydrogen-bond acceptors (Lipinski definition) is 4. The van der Waals surface area contributed by atoms with E-state index in [1.807, 2.05) is 24.3 Å². The summed E-state index contributed by atoms with van der Waals surface area (Å²) >= 11 is 0. The van der Waals surface area contributed by atoms with Gasteiger partial charge in [0.25, 0.3) is 0 Å². The fourth-order valence-corrected chi connectivity index (χ4v) is 12.0. The van der Waals surface area contributed by atoms with E-state index in [4.69, 9.17) is 15.7 Å². The van der Waals surface area contributed by atoms with Gasteiger partial charge in [-0.3, -0.25) is 0 Å². The molecular formula is C71H51N5O2. The van der Waals surface area contributed by atoms with E-state index in [0.29, 0.717) is 11.4 Å². The molecule has 2 aliphatic heterocycles. The lowest BCUT2D eigenvalue weighted by atomic mass is 9.64. The van der Waals surface area contributed by atoms with Crippen LogP contribution in [0.5, 0.6) is 0 Å². The maximum atomic E-state index is 12.4. The third-order valence-corrected chi connectivity index (χ3v) is 15.4. The highest BCUT2D eigenvalue weighted by Crippen LogP contribution is 2.51. The molecule has 0 saturated carbocycles. The van der Waals surface area contributed by atoms with Gasteiger partial charge in [0.2, 0.25) is 0 Å². The van der Waals surface area contributed by atoms with Gasteiger partial charge >= 0.3 is 5.97 Å². The van der Waals surface area contributed by atoms with Gasteiger partial charge in [-0.15, -0.1) is 0 Å². The molecule has 5 N–H and O–H groups in total. The Kier molecular flexibility index (Phi) is 12.0. The maximum Gasteiger partial charge on any atom is 0.335 e. The smallest absolute Gasteiger partial charge is 0.335 e. The van der Waals surface area contributed by atoms with Crippen LogP contribution >= 0.6 is 0 Å². The zero-order valence-electron chi connectivity index (χ0n) is 42.4. The van der Waals surface area contributed by atoms with Crippen molar-refractivity contribution in [1.29, 1.82) is 0 Å². The number of nitrogens with zero attached hydrogens (tertiary/aromatic N) is 2. The monoisotopic (exact) mass is 1010 g/mol. The molecule has 11 aromatic rings. The van der Waals surface area contributed by atoms with Crippen molar-refractivity contribution in [3.63, 3.8) is 0 Å². The van der Waals surface area contributed by atoms with E-state index < -0.39 is 16.8 Å². The van der Waals surface area contributed by atoms with E-state index >= 15 is 0 Å². The van der Waals surface area contributed by atoms with E-state index in [1.54, 1.807) is 12.1 Å². The average Bonchev–Trinajstić information content (AvgIpc) is 4.49. The molecule has 0 unspecified atom stereocenters. The molecule has 0 saturated heterocycles. The Morgan fingerprint density at radius 2 is 0.628 bits per heavy atom. The van der Waals surface area contributed by atoms with Gasteiger partial charge < -0.3 is 20.8 Å². The number of nitrogens with two attached hydrogens (primary N) is 1. The van der Waals surface area contributed by atoms with Crippen LogP contribution in [0.15, 0.2) is 255 Å². The molecule has 0 atom stereocenters. The normalized spacial score (nSPS) is 12.2. The predicted molar refractivity (Wildman–Crippen MR) is 318 cm³/mol. The van der Waals surface area contributed by atoms with Crippen molar-refractivity contribution in [3.05, 3.63) is 328 Å². The Hall–Kier alpha value is -10.4. The standard InChI is InChI=1S/C71H51N5O2/c72-56-37-35-48(36-38-56)66-59-41-45-63(75-59)67(70(50-19-7-1-8-20-50,51-21-9-2-10-22-51)52-23-11-3-12-24-52)61-43-39-57(73-61)65(47-31-33-49(34-32-47)69(77)78)58-40-44-62(74-58)68(64-46-42-60(66)76-64)71(53-25-13-4-14-26-53,54-27-15-5-16-28-54)55-29-17-6-18-30-55/h1-46,73,76H,72H2,(H,77,78). The molecular weight excluding hydrogens is 955 g/mol. The highest BCUT2D eigenvalue weighted by molar-refractivity contribution is 5.97. The number of fused-ring (bicyclic) bond motifs is 8. The van der Waals surface area contributed by atoms with Crippen molar-refractivity contribution in [1.82, 2.24) is 19.9 Å². The molecule has 7 nitrogen and oxygen atoms in total. The molecule has 372 valence electrons. The lowest BCUT2D eigenvalue weighted by Crippen LogP contribution is -2.32. The summed E-state index contributed by atoms with van der Waals surface area (Å²) in [5.74, 6) is -0.999. The van der Waals surface area contributed by atoms with Gasteiger partial charge in [-0.2, -0.15) is 0 Å². The molecule has 0 radical (unpaired) electrons. The number of benzene rings is 8. The van der Waals surface area contributed by atoms with Crippen molar-refractivity contribution in [2.24, 2.45) is 0 Å². The van der Waals surface area contributed by atoms with E-state index in [2.05, 4.69) is 253 Å². The van der Waals surface area contributed by atoms with Crippen LogP contribution in [0.4, 0.5) is 5.69 Å². The number of nitrogen functional groups attached to an aromatic ring is 1. The quantitative estimate of drug-likeness (QED) is 0.0760. The molecule has 3 aromatic heterocycles. The Morgan fingerprint density at radius 3 is 0.936 bits per heavy atom. The van der Waals surface area contributed by atoms with Gasteiger partial charge in [0, 0.05) is 50.0 Å². The van der Waals surface area contributed by atoms with Crippen LogP contribution in [0.1, 0.15) is 77.6 Å². The fourth-order valence-electron chi connectivity index (χ4n) is 12.0. The first-order valence-corrected chi connectivity index (χ1v) is 26.1. The number of anilines is 1. The lowest BCUT2D eigenvalue weighted by molar-refractivity contribution is 0.0697. The number of aromatic carboxylic acids is 1. The number of hydrogen-bond donors (Lipinski definition) is 4. The van der Waals surface area contributed by atoms with Crippen molar-refractivity contribution < 1.29 is 9.90 Å². The van der Waals surface area contributed by atoms with Crippen molar-refractivity contribution >= 4 is 58.0 Å². The Labute approximate surface area is 452 Å². The molecule has 8 aromatic carbocycles. The molecule has 78 heavy (non-hydrogen) atoms. The average molecular weight is 1010 g/mol. The summed E-state index contributed by atoms with van der Waals surface area (Å²) in [5.41, 5.74) is 23.4. The molecule has 2 aliphatic rings. The summed E-state index contributed by atoms with van der Waals surface area (Å²) in [6.07, 6.45) is 8.50. The molecule has 0 amide bonds. The number of carbonyl (C=O) groups is 1. The molecule has 13 rings (SSSR count). The molecule has 0 spiro atoms. The van der Waals surface area contributed by atoms with Crippen molar-refractivity contribution in [3.8, 4) is 22.3 Å². The summed E-state index contributed by atoms with van der Waals surface area (Å²) in [6.45, 7) is 0. The highest BCUT2D eigenvalue weighted by atomic mass is 16.4. The number of H-pyrrole nitrogens is 2. The van der Waals surface area contributed by atoms with Crippen LogP contribution in [0.25, 0.3) is 68.6 Å². The number of carboxylic acids is 1. The maximum absolute atomic E-state index is 12.4. The van der Waals surface area contributed by atoms with E-state index in [0.717, 1.165) is 106 Å².